The number of halogens is 1. The van der Waals surface area contributed by atoms with E-state index in [1.165, 1.54) is 19.2 Å². The Bertz CT molecular complexity index is 769. The summed E-state index contributed by atoms with van der Waals surface area (Å²) in [4.78, 5) is 2.36. The summed E-state index contributed by atoms with van der Waals surface area (Å²) < 4.78 is 30.3. The first-order valence-electron chi connectivity index (χ1n) is 6.38. The molecule has 2 rings (SSSR count). The lowest BCUT2D eigenvalue weighted by Gasteiger charge is -2.06. The summed E-state index contributed by atoms with van der Waals surface area (Å²) in [5.41, 5.74) is 1.41. The Kier molecular flexibility index (Phi) is 5.20. The van der Waals surface area contributed by atoms with Gasteiger partial charge in [0.1, 0.15) is 5.75 Å². The Morgan fingerprint density at radius 2 is 1.68 bits per heavy atom. The highest BCUT2D eigenvalue weighted by molar-refractivity contribution is 9.10. The first-order chi connectivity index (χ1) is 10.4. The normalized spacial score (nSPS) is 12.0. The van der Waals surface area contributed by atoms with Gasteiger partial charge in [0.25, 0.3) is 10.0 Å². The van der Waals surface area contributed by atoms with E-state index in [-0.39, 0.29) is 4.90 Å². The van der Waals surface area contributed by atoms with Crippen LogP contribution in [0.3, 0.4) is 0 Å². The van der Waals surface area contributed by atoms with Crippen molar-refractivity contribution in [3.05, 3.63) is 58.6 Å². The van der Waals surface area contributed by atoms with Crippen LogP contribution < -0.4 is 9.57 Å². The van der Waals surface area contributed by atoms with Crippen molar-refractivity contribution in [3.63, 3.8) is 0 Å². The molecule has 0 aliphatic carbocycles. The summed E-state index contributed by atoms with van der Waals surface area (Å²) in [6.45, 7) is 1.74. The van der Waals surface area contributed by atoms with Crippen molar-refractivity contribution in [1.82, 2.24) is 4.83 Å². The fourth-order valence-corrected chi connectivity index (χ4v) is 2.81. The highest BCUT2D eigenvalue weighted by atomic mass is 79.9. The van der Waals surface area contributed by atoms with Crippen LogP contribution >= 0.6 is 15.9 Å². The van der Waals surface area contributed by atoms with Gasteiger partial charge in [-0.05, 0) is 48.9 Å². The van der Waals surface area contributed by atoms with E-state index in [2.05, 4.69) is 25.9 Å². The molecule has 0 bridgehead atoms. The van der Waals surface area contributed by atoms with E-state index in [0.717, 1.165) is 10.0 Å². The number of nitrogens with one attached hydrogen (secondary N) is 1. The number of rotatable bonds is 5. The van der Waals surface area contributed by atoms with Crippen LogP contribution in [0.5, 0.6) is 5.75 Å². The molecule has 0 aromatic heterocycles. The summed E-state index contributed by atoms with van der Waals surface area (Å²) >= 11 is 3.35. The number of ether oxygens (including phenoxy) is 1. The number of hydrazone groups is 1. The van der Waals surface area contributed by atoms with Gasteiger partial charge in [0, 0.05) is 4.47 Å². The minimum absolute atomic E-state index is 0.126. The average molecular weight is 383 g/mol. The lowest BCUT2D eigenvalue weighted by Crippen LogP contribution is -2.19. The fraction of sp³-hybridized carbons (Fsp3) is 0.133. The van der Waals surface area contributed by atoms with Gasteiger partial charge in [0.05, 0.1) is 17.7 Å². The van der Waals surface area contributed by atoms with Crippen LogP contribution in [0.4, 0.5) is 0 Å². The van der Waals surface area contributed by atoms with E-state index in [1.807, 2.05) is 24.3 Å². The SMILES string of the molecule is COc1ccc(S(=O)(=O)N/N=C(\C)c2ccc(Br)cc2)cc1. The quantitative estimate of drug-likeness (QED) is 0.637. The summed E-state index contributed by atoms with van der Waals surface area (Å²) in [5.74, 6) is 0.591. The lowest BCUT2D eigenvalue weighted by molar-refractivity contribution is 0.414. The van der Waals surface area contributed by atoms with Gasteiger partial charge in [-0.1, -0.05) is 28.1 Å². The smallest absolute Gasteiger partial charge is 0.276 e. The summed E-state index contributed by atoms with van der Waals surface area (Å²) in [6.07, 6.45) is 0. The van der Waals surface area contributed by atoms with Crippen molar-refractivity contribution in [1.29, 1.82) is 0 Å². The Balaban J connectivity index is 2.17. The number of hydrogen-bond donors (Lipinski definition) is 1. The molecule has 0 radical (unpaired) electrons. The zero-order chi connectivity index (χ0) is 16.2. The van der Waals surface area contributed by atoms with Crippen LogP contribution in [-0.2, 0) is 10.0 Å². The van der Waals surface area contributed by atoms with Gasteiger partial charge in [-0.15, -0.1) is 0 Å². The molecule has 0 fully saturated rings. The predicted molar refractivity (Wildman–Crippen MR) is 89.7 cm³/mol. The predicted octanol–water partition coefficient (Wildman–Crippen LogP) is 3.16. The molecule has 116 valence electrons. The molecule has 1 N–H and O–H groups in total. The van der Waals surface area contributed by atoms with Crippen molar-refractivity contribution < 1.29 is 13.2 Å². The van der Waals surface area contributed by atoms with Gasteiger partial charge in [-0.25, -0.2) is 0 Å². The number of benzene rings is 2. The van der Waals surface area contributed by atoms with Gasteiger partial charge in [0.2, 0.25) is 0 Å². The summed E-state index contributed by atoms with van der Waals surface area (Å²) in [5, 5.41) is 3.95. The third-order valence-electron chi connectivity index (χ3n) is 2.97. The molecule has 0 atom stereocenters. The molecule has 5 nitrogen and oxygen atoms in total. The Labute approximate surface area is 138 Å². The standard InChI is InChI=1S/C15H15BrN2O3S/c1-11(12-3-5-13(16)6-4-12)17-18-22(19,20)15-9-7-14(21-2)8-10-15/h3-10,18H,1-2H3/b17-11+. The molecular formula is C15H15BrN2O3S. The molecule has 0 spiro atoms. The van der Waals surface area contributed by atoms with Crippen LogP contribution in [-0.4, -0.2) is 21.2 Å². The highest BCUT2D eigenvalue weighted by Gasteiger charge is 2.13. The molecule has 2 aromatic rings. The third kappa shape index (κ3) is 4.08. The number of methoxy groups -OCH3 is 1. The van der Waals surface area contributed by atoms with E-state index in [9.17, 15) is 8.42 Å². The van der Waals surface area contributed by atoms with Gasteiger partial charge in [0.15, 0.2) is 0 Å². The van der Waals surface area contributed by atoms with E-state index in [4.69, 9.17) is 4.74 Å². The maximum atomic E-state index is 12.2. The van der Waals surface area contributed by atoms with E-state index in [0.29, 0.717) is 11.5 Å². The topological polar surface area (TPSA) is 67.8 Å². The zero-order valence-corrected chi connectivity index (χ0v) is 14.5. The average Bonchev–Trinajstić information content (AvgIpc) is 2.53. The van der Waals surface area contributed by atoms with Crippen molar-refractivity contribution >= 4 is 31.7 Å². The maximum Gasteiger partial charge on any atom is 0.276 e. The second-order valence-electron chi connectivity index (χ2n) is 4.47. The molecular weight excluding hydrogens is 368 g/mol. The van der Waals surface area contributed by atoms with Crippen molar-refractivity contribution in [3.8, 4) is 5.75 Å². The third-order valence-corrected chi connectivity index (χ3v) is 4.72. The number of nitrogens with zero attached hydrogens (tertiary/aromatic N) is 1. The lowest BCUT2D eigenvalue weighted by atomic mass is 10.1. The molecule has 0 aliphatic heterocycles. The largest absolute Gasteiger partial charge is 0.497 e. The van der Waals surface area contributed by atoms with E-state index < -0.39 is 10.0 Å². The van der Waals surface area contributed by atoms with Crippen LogP contribution in [0, 0.1) is 0 Å². The van der Waals surface area contributed by atoms with Crippen molar-refractivity contribution in [2.75, 3.05) is 7.11 Å². The second-order valence-corrected chi connectivity index (χ2v) is 7.05. The molecule has 0 saturated carbocycles. The van der Waals surface area contributed by atoms with Gasteiger partial charge in [-0.2, -0.15) is 18.4 Å². The Morgan fingerprint density at radius 3 is 2.23 bits per heavy atom. The van der Waals surface area contributed by atoms with E-state index >= 15 is 0 Å². The number of sulfonamides is 1. The first-order valence-corrected chi connectivity index (χ1v) is 8.66. The minimum Gasteiger partial charge on any atom is -0.497 e. The van der Waals surface area contributed by atoms with Crippen LogP contribution in [0.25, 0.3) is 0 Å². The van der Waals surface area contributed by atoms with Crippen molar-refractivity contribution in [2.45, 2.75) is 11.8 Å². The second kappa shape index (κ2) is 6.93. The highest BCUT2D eigenvalue weighted by Crippen LogP contribution is 2.15. The molecule has 0 aliphatic rings. The first kappa shape index (κ1) is 16.5. The molecule has 0 amide bonds. The summed E-state index contributed by atoms with van der Waals surface area (Å²) in [7, 11) is -2.18. The monoisotopic (exact) mass is 382 g/mol. The van der Waals surface area contributed by atoms with Crippen LogP contribution in [0.1, 0.15) is 12.5 Å². The van der Waals surface area contributed by atoms with E-state index in [1.54, 1.807) is 19.1 Å². The van der Waals surface area contributed by atoms with Gasteiger partial charge in [-0.3, -0.25) is 0 Å². The molecule has 0 unspecified atom stereocenters. The maximum absolute atomic E-state index is 12.2. The minimum atomic E-state index is -3.70. The molecule has 2 aromatic carbocycles. The summed E-state index contributed by atoms with van der Waals surface area (Å²) in [6, 6.07) is 13.5. The molecule has 22 heavy (non-hydrogen) atoms. The van der Waals surface area contributed by atoms with Crippen LogP contribution in [0.15, 0.2) is 63.0 Å². The Morgan fingerprint density at radius 1 is 1.09 bits per heavy atom. The van der Waals surface area contributed by atoms with Crippen molar-refractivity contribution in [2.24, 2.45) is 5.10 Å². The number of hydrogen-bond acceptors (Lipinski definition) is 4. The molecule has 7 heteroatoms. The van der Waals surface area contributed by atoms with Gasteiger partial charge >= 0.3 is 0 Å². The fourth-order valence-electron chi connectivity index (χ4n) is 1.69. The zero-order valence-electron chi connectivity index (χ0n) is 12.1. The molecule has 0 saturated heterocycles. The van der Waals surface area contributed by atoms with Crippen LogP contribution in [0.2, 0.25) is 0 Å². The Hall–Kier alpha value is -1.86. The molecule has 0 heterocycles. The van der Waals surface area contributed by atoms with Gasteiger partial charge < -0.3 is 4.74 Å².